The van der Waals surface area contributed by atoms with E-state index < -0.39 is 18.1 Å². The second-order valence-electron chi connectivity index (χ2n) is 3.13. The summed E-state index contributed by atoms with van der Waals surface area (Å²) in [4.78, 5) is 22.3. The first-order chi connectivity index (χ1) is 6.14. The highest BCUT2D eigenvalue weighted by Gasteiger charge is 2.42. The summed E-state index contributed by atoms with van der Waals surface area (Å²) < 4.78 is 4.52. The third kappa shape index (κ3) is 1.80. The van der Waals surface area contributed by atoms with E-state index in [1.54, 1.807) is 0 Å². The Hall–Kier alpha value is -1.10. The van der Waals surface area contributed by atoms with E-state index in [9.17, 15) is 9.59 Å². The summed E-state index contributed by atoms with van der Waals surface area (Å²) >= 11 is 0. The number of amides is 1. The molecule has 0 aliphatic carbocycles. The van der Waals surface area contributed by atoms with Gasteiger partial charge < -0.3 is 15.2 Å². The fourth-order valence-electron chi connectivity index (χ4n) is 1.47. The second-order valence-corrected chi connectivity index (χ2v) is 3.13. The molecule has 0 spiro atoms. The van der Waals surface area contributed by atoms with Gasteiger partial charge in [-0.3, -0.25) is 4.79 Å². The van der Waals surface area contributed by atoms with Crippen LogP contribution >= 0.6 is 0 Å². The predicted molar refractivity (Wildman–Crippen MR) is 43.8 cm³/mol. The molecule has 1 aliphatic rings. The van der Waals surface area contributed by atoms with Crippen LogP contribution in [0.2, 0.25) is 0 Å². The van der Waals surface area contributed by atoms with E-state index in [1.165, 1.54) is 7.11 Å². The molecule has 5 nitrogen and oxygen atoms in total. The maximum absolute atomic E-state index is 11.3. The molecule has 1 amide bonds. The van der Waals surface area contributed by atoms with Crippen molar-refractivity contribution < 1.29 is 19.4 Å². The molecule has 2 N–H and O–H groups in total. The van der Waals surface area contributed by atoms with E-state index in [0.717, 1.165) is 0 Å². The molecule has 0 saturated carbocycles. The number of carbonyl (C=O) groups excluding carboxylic acids is 2. The van der Waals surface area contributed by atoms with Gasteiger partial charge in [0, 0.05) is 6.42 Å². The summed E-state index contributed by atoms with van der Waals surface area (Å²) in [6.45, 7) is -0.411. The molecule has 1 saturated heterocycles. The Kier molecular flexibility index (Phi) is 2.87. The summed E-state index contributed by atoms with van der Waals surface area (Å²) in [5.74, 6) is -0.797. The molecule has 1 heterocycles. The largest absolute Gasteiger partial charge is 0.467 e. The van der Waals surface area contributed by atoms with Crippen LogP contribution < -0.4 is 5.32 Å². The smallest absolute Gasteiger partial charge is 0.334 e. The minimum atomic E-state index is -1.20. The van der Waals surface area contributed by atoms with Crippen molar-refractivity contribution in [2.24, 2.45) is 0 Å². The lowest BCUT2D eigenvalue weighted by Crippen LogP contribution is -2.59. The van der Waals surface area contributed by atoms with Gasteiger partial charge in [0.2, 0.25) is 5.91 Å². The first-order valence-corrected chi connectivity index (χ1v) is 4.15. The van der Waals surface area contributed by atoms with Crippen molar-refractivity contribution in [1.29, 1.82) is 0 Å². The van der Waals surface area contributed by atoms with Crippen LogP contribution in [0.15, 0.2) is 0 Å². The van der Waals surface area contributed by atoms with E-state index >= 15 is 0 Å². The number of aliphatic hydroxyl groups excluding tert-OH is 1. The van der Waals surface area contributed by atoms with Crippen LogP contribution in [0, 0.1) is 0 Å². The zero-order chi connectivity index (χ0) is 9.90. The van der Waals surface area contributed by atoms with Crippen LogP contribution in [-0.4, -0.2) is 36.2 Å². The summed E-state index contributed by atoms with van der Waals surface area (Å²) in [5.41, 5.74) is -1.20. The van der Waals surface area contributed by atoms with Crippen molar-refractivity contribution in [3.05, 3.63) is 0 Å². The highest BCUT2D eigenvalue weighted by molar-refractivity contribution is 5.89. The standard InChI is InChI=1S/C8H13NO4/c1-13-7(12)8(5-10)4-2-3-6(11)9-8/h10H,2-5H2,1H3,(H,9,11). The van der Waals surface area contributed by atoms with Gasteiger partial charge in [-0.25, -0.2) is 4.79 Å². The molecule has 0 aromatic rings. The Morgan fingerprint density at radius 3 is 2.92 bits per heavy atom. The number of nitrogens with one attached hydrogen (secondary N) is 1. The van der Waals surface area contributed by atoms with Gasteiger partial charge in [-0.1, -0.05) is 0 Å². The number of aliphatic hydroxyl groups is 1. The molecule has 1 fully saturated rings. The lowest BCUT2D eigenvalue weighted by Gasteiger charge is -2.33. The van der Waals surface area contributed by atoms with Gasteiger partial charge in [-0.15, -0.1) is 0 Å². The fourth-order valence-corrected chi connectivity index (χ4v) is 1.47. The zero-order valence-electron chi connectivity index (χ0n) is 7.50. The van der Waals surface area contributed by atoms with Crippen LogP contribution in [-0.2, 0) is 14.3 Å². The Balaban J connectivity index is 2.78. The number of hydrogen-bond acceptors (Lipinski definition) is 4. The summed E-state index contributed by atoms with van der Waals surface area (Å²) in [7, 11) is 1.24. The molecule has 1 atom stereocenters. The molecule has 0 aromatic carbocycles. The minimum Gasteiger partial charge on any atom is -0.467 e. The number of piperidine rings is 1. The summed E-state index contributed by atoms with van der Waals surface area (Å²) in [5, 5.41) is 11.5. The van der Waals surface area contributed by atoms with Gasteiger partial charge in [0.05, 0.1) is 13.7 Å². The van der Waals surface area contributed by atoms with Crippen LogP contribution in [0.3, 0.4) is 0 Å². The number of ether oxygens (including phenoxy) is 1. The second kappa shape index (κ2) is 3.74. The highest BCUT2D eigenvalue weighted by Crippen LogP contribution is 2.20. The number of rotatable bonds is 2. The van der Waals surface area contributed by atoms with E-state index in [-0.39, 0.29) is 5.91 Å². The molecular weight excluding hydrogens is 174 g/mol. The van der Waals surface area contributed by atoms with Crippen molar-refractivity contribution in [2.45, 2.75) is 24.8 Å². The molecule has 1 unspecified atom stereocenters. The monoisotopic (exact) mass is 187 g/mol. The molecule has 0 bridgehead atoms. The van der Waals surface area contributed by atoms with Crippen LogP contribution in [0.4, 0.5) is 0 Å². The number of carbonyl (C=O) groups is 2. The number of methoxy groups -OCH3 is 1. The maximum atomic E-state index is 11.3. The number of hydrogen-bond donors (Lipinski definition) is 2. The quantitative estimate of drug-likeness (QED) is 0.554. The maximum Gasteiger partial charge on any atom is 0.334 e. The zero-order valence-corrected chi connectivity index (χ0v) is 7.50. The molecule has 74 valence electrons. The Morgan fingerprint density at radius 2 is 2.46 bits per heavy atom. The first kappa shape index (κ1) is 9.98. The molecular formula is C8H13NO4. The first-order valence-electron chi connectivity index (χ1n) is 4.15. The predicted octanol–water partition coefficient (Wildman–Crippen LogP) is -0.809. The summed E-state index contributed by atoms with van der Waals surface area (Å²) in [6.07, 6.45) is 1.43. The third-order valence-corrected chi connectivity index (χ3v) is 2.23. The number of esters is 1. The Bertz CT molecular complexity index is 228. The van der Waals surface area contributed by atoms with E-state index in [1.807, 2.05) is 0 Å². The average molecular weight is 187 g/mol. The molecule has 0 radical (unpaired) electrons. The van der Waals surface area contributed by atoms with Gasteiger partial charge in [0.25, 0.3) is 0 Å². The van der Waals surface area contributed by atoms with E-state index in [4.69, 9.17) is 5.11 Å². The molecule has 1 rings (SSSR count). The Morgan fingerprint density at radius 1 is 1.77 bits per heavy atom. The van der Waals surface area contributed by atoms with Crippen molar-refractivity contribution in [1.82, 2.24) is 5.32 Å². The van der Waals surface area contributed by atoms with Crippen LogP contribution in [0.5, 0.6) is 0 Å². The normalized spacial score (nSPS) is 28.0. The lowest BCUT2D eigenvalue weighted by molar-refractivity contribution is -0.155. The van der Waals surface area contributed by atoms with Gasteiger partial charge in [0.1, 0.15) is 0 Å². The lowest BCUT2D eigenvalue weighted by atomic mass is 9.89. The minimum absolute atomic E-state index is 0.217. The molecule has 5 heteroatoms. The van der Waals surface area contributed by atoms with Gasteiger partial charge >= 0.3 is 5.97 Å². The van der Waals surface area contributed by atoms with Crippen molar-refractivity contribution in [3.8, 4) is 0 Å². The van der Waals surface area contributed by atoms with Gasteiger partial charge in [-0.2, -0.15) is 0 Å². The molecule has 13 heavy (non-hydrogen) atoms. The third-order valence-electron chi connectivity index (χ3n) is 2.23. The van der Waals surface area contributed by atoms with Crippen molar-refractivity contribution in [2.75, 3.05) is 13.7 Å². The average Bonchev–Trinajstić information content (AvgIpc) is 2.16. The Labute approximate surface area is 76.1 Å². The summed E-state index contributed by atoms with van der Waals surface area (Å²) in [6, 6.07) is 0. The fraction of sp³-hybridized carbons (Fsp3) is 0.750. The van der Waals surface area contributed by atoms with Gasteiger partial charge in [0.15, 0.2) is 5.54 Å². The van der Waals surface area contributed by atoms with Crippen LogP contribution in [0.25, 0.3) is 0 Å². The van der Waals surface area contributed by atoms with Gasteiger partial charge in [-0.05, 0) is 12.8 Å². The SMILES string of the molecule is COC(=O)C1(CO)CCCC(=O)N1. The van der Waals surface area contributed by atoms with E-state index in [0.29, 0.717) is 19.3 Å². The van der Waals surface area contributed by atoms with Crippen LogP contribution in [0.1, 0.15) is 19.3 Å². The van der Waals surface area contributed by atoms with Crippen molar-refractivity contribution in [3.63, 3.8) is 0 Å². The molecule has 0 aromatic heterocycles. The van der Waals surface area contributed by atoms with Crippen molar-refractivity contribution >= 4 is 11.9 Å². The topological polar surface area (TPSA) is 75.6 Å². The van der Waals surface area contributed by atoms with E-state index in [2.05, 4.69) is 10.1 Å². The molecule has 1 aliphatic heterocycles. The highest BCUT2D eigenvalue weighted by atomic mass is 16.5.